The number of methoxy groups -OCH3 is 1. The fourth-order valence-corrected chi connectivity index (χ4v) is 2.25. The van der Waals surface area contributed by atoms with Gasteiger partial charge in [-0.3, -0.25) is 14.9 Å². The number of rotatable bonds is 7. The number of carbonyl (C=O) groups excluding carboxylic acids is 1. The van der Waals surface area contributed by atoms with Crippen LogP contribution in [0.2, 0.25) is 0 Å². The molecule has 0 aliphatic carbocycles. The molecule has 0 bridgehead atoms. The number of nitro groups is 1. The Morgan fingerprint density at radius 1 is 1.30 bits per heavy atom. The lowest BCUT2D eigenvalue weighted by Crippen LogP contribution is -2.19. The molecule has 0 aliphatic heterocycles. The average Bonchev–Trinajstić information content (AvgIpc) is 2.66. The molecule has 142 valence electrons. The maximum atomic E-state index is 12.2. The molecule has 0 atom stereocenters. The van der Waals surface area contributed by atoms with Gasteiger partial charge in [-0.1, -0.05) is 0 Å². The lowest BCUT2D eigenvalue weighted by molar-refractivity contribution is -0.385. The molecule has 2 N–H and O–H groups in total. The summed E-state index contributed by atoms with van der Waals surface area (Å²) in [6.07, 6.45) is 0. The van der Waals surface area contributed by atoms with Crippen LogP contribution >= 0.6 is 0 Å². The highest BCUT2D eigenvalue weighted by atomic mass is 16.6. The van der Waals surface area contributed by atoms with Gasteiger partial charge in [0.25, 0.3) is 5.91 Å². The molecule has 0 saturated carbocycles. The number of hydrazone groups is 1. The van der Waals surface area contributed by atoms with Crippen molar-refractivity contribution in [3.8, 4) is 17.2 Å². The first-order valence-electron chi connectivity index (χ1n) is 8.00. The maximum Gasteiger partial charge on any atom is 0.311 e. The van der Waals surface area contributed by atoms with E-state index in [-0.39, 0.29) is 22.7 Å². The zero-order chi connectivity index (χ0) is 20.0. The van der Waals surface area contributed by atoms with Gasteiger partial charge in [0.2, 0.25) is 0 Å². The molecule has 9 nitrogen and oxygen atoms in total. The SMILES string of the molecule is CCOc1ccc(/C(C)=N\NC(=O)c2ccc(OC)cc2O)cc1[N+](=O)[O-]. The van der Waals surface area contributed by atoms with Gasteiger partial charge in [-0.2, -0.15) is 5.10 Å². The van der Waals surface area contributed by atoms with Crippen molar-refractivity contribution >= 4 is 17.3 Å². The standard InChI is InChI=1S/C18H19N3O6/c1-4-27-17-8-5-12(9-15(17)21(24)25)11(2)19-20-18(23)14-7-6-13(26-3)10-16(14)22/h5-10,22H,4H2,1-3H3,(H,20,23)/b19-11-. The fourth-order valence-electron chi connectivity index (χ4n) is 2.25. The quantitative estimate of drug-likeness (QED) is 0.437. The third-order valence-corrected chi connectivity index (χ3v) is 3.65. The van der Waals surface area contributed by atoms with Crippen molar-refractivity contribution in [1.82, 2.24) is 5.43 Å². The summed E-state index contributed by atoms with van der Waals surface area (Å²) in [6.45, 7) is 3.62. The molecule has 2 aromatic carbocycles. The van der Waals surface area contributed by atoms with Gasteiger partial charge in [0.15, 0.2) is 5.75 Å². The minimum Gasteiger partial charge on any atom is -0.507 e. The van der Waals surface area contributed by atoms with Crippen LogP contribution in [0.5, 0.6) is 17.2 Å². The second kappa shape index (κ2) is 8.65. The highest BCUT2D eigenvalue weighted by Crippen LogP contribution is 2.28. The molecule has 0 heterocycles. The molecule has 0 fully saturated rings. The Bertz CT molecular complexity index is 895. The van der Waals surface area contributed by atoms with Gasteiger partial charge < -0.3 is 14.6 Å². The summed E-state index contributed by atoms with van der Waals surface area (Å²) in [5.74, 6) is -0.317. The van der Waals surface area contributed by atoms with Crippen LogP contribution in [0, 0.1) is 10.1 Å². The first-order valence-corrected chi connectivity index (χ1v) is 8.00. The number of hydrogen-bond acceptors (Lipinski definition) is 7. The van der Waals surface area contributed by atoms with E-state index in [1.165, 1.54) is 37.4 Å². The van der Waals surface area contributed by atoms with Crippen LogP contribution in [0.4, 0.5) is 5.69 Å². The summed E-state index contributed by atoms with van der Waals surface area (Å²) in [7, 11) is 1.44. The van der Waals surface area contributed by atoms with Crippen LogP contribution in [0.25, 0.3) is 0 Å². The highest BCUT2D eigenvalue weighted by Gasteiger charge is 2.17. The minimum atomic E-state index is -0.630. The normalized spacial score (nSPS) is 11.0. The minimum absolute atomic E-state index is 0.0185. The number of hydrogen-bond donors (Lipinski definition) is 2. The first-order chi connectivity index (χ1) is 12.9. The average molecular weight is 373 g/mol. The summed E-state index contributed by atoms with van der Waals surface area (Å²) in [5, 5.41) is 25.0. The summed E-state index contributed by atoms with van der Waals surface area (Å²) in [4.78, 5) is 22.8. The second-order valence-corrected chi connectivity index (χ2v) is 5.39. The van der Waals surface area contributed by atoms with E-state index in [4.69, 9.17) is 9.47 Å². The summed E-state index contributed by atoms with van der Waals surface area (Å²) in [5.41, 5.74) is 2.94. The van der Waals surface area contributed by atoms with Crippen molar-refractivity contribution in [3.63, 3.8) is 0 Å². The Labute approximate surface area is 155 Å². The zero-order valence-corrected chi connectivity index (χ0v) is 15.1. The van der Waals surface area contributed by atoms with E-state index in [1.807, 2.05) is 0 Å². The van der Waals surface area contributed by atoms with Crippen LogP contribution in [0.3, 0.4) is 0 Å². The molecule has 0 saturated heterocycles. The van der Waals surface area contributed by atoms with Crippen LogP contribution in [0.1, 0.15) is 29.8 Å². The Kier molecular flexibility index (Phi) is 6.32. The van der Waals surface area contributed by atoms with Gasteiger partial charge >= 0.3 is 5.69 Å². The molecule has 27 heavy (non-hydrogen) atoms. The molecule has 9 heteroatoms. The smallest absolute Gasteiger partial charge is 0.311 e. The Hall–Kier alpha value is -3.62. The number of benzene rings is 2. The number of nitrogens with one attached hydrogen (secondary N) is 1. The largest absolute Gasteiger partial charge is 0.507 e. The number of phenols is 1. The number of phenolic OH excluding ortho intramolecular Hbond substituents is 1. The zero-order valence-electron chi connectivity index (χ0n) is 15.1. The molecule has 0 unspecified atom stereocenters. The summed E-state index contributed by atoms with van der Waals surface area (Å²) >= 11 is 0. The van der Waals surface area contributed by atoms with Crippen LogP contribution < -0.4 is 14.9 Å². The Morgan fingerprint density at radius 2 is 2.04 bits per heavy atom. The number of ether oxygens (including phenoxy) is 2. The van der Waals surface area contributed by atoms with Crippen molar-refractivity contribution in [2.24, 2.45) is 5.10 Å². The predicted molar refractivity (Wildman–Crippen MR) is 98.6 cm³/mol. The van der Waals surface area contributed by atoms with E-state index in [1.54, 1.807) is 19.9 Å². The molecular weight excluding hydrogens is 354 g/mol. The van der Waals surface area contributed by atoms with Gasteiger partial charge in [0.05, 0.1) is 29.9 Å². The van der Waals surface area contributed by atoms with Gasteiger partial charge in [-0.25, -0.2) is 5.43 Å². The van der Waals surface area contributed by atoms with Gasteiger partial charge in [0.1, 0.15) is 11.5 Å². The lowest BCUT2D eigenvalue weighted by atomic mass is 10.1. The first kappa shape index (κ1) is 19.7. The topological polar surface area (TPSA) is 123 Å². The third kappa shape index (κ3) is 4.72. The van der Waals surface area contributed by atoms with Crippen LogP contribution in [0.15, 0.2) is 41.5 Å². The monoisotopic (exact) mass is 373 g/mol. The number of carbonyl (C=O) groups is 1. The van der Waals surface area contributed by atoms with Crippen molar-refractivity contribution in [1.29, 1.82) is 0 Å². The third-order valence-electron chi connectivity index (χ3n) is 3.65. The second-order valence-electron chi connectivity index (χ2n) is 5.39. The van der Waals surface area contributed by atoms with Gasteiger partial charge in [-0.15, -0.1) is 0 Å². The lowest BCUT2D eigenvalue weighted by Gasteiger charge is -2.08. The van der Waals surface area contributed by atoms with E-state index < -0.39 is 10.8 Å². The van der Waals surface area contributed by atoms with Crippen molar-refractivity contribution in [2.45, 2.75) is 13.8 Å². The molecule has 0 aliphatic rings. The Morgan fingerprint density at radius 3 is 2.63 bits per heavy atom. The fraction of sp³-hybridized carbons (Fsp3) is 0.222. The maximum absolute atomic E-state index is 12.2. The summed E-state index contributed by atoms with van der Waals surface area (Å²) < 4.78 is 10.2. The van der Waals surface area contributed by atoms with Crippen LogP contribution in [-0.4, -0.2) is 35.4 Å². The molecular formula is C18H19N3O6. The van der Waals surface area contributed by atoms with E-state index >= 15 is 0 Å². The van der Waals surface area contributed by atoms with Crippen molar-refractivity contribution in [3.05, 3.63) is 57.6 Å². The van der Waals surface area contributed by atoms with Crippen LogP contribution in [-0.2, 0) is 0 Å². The number of aromatic hydroxyl groups is 1. The number of nitro benzene ring substituents is 1. The van der Waals surface area contributed by atoms with E-state index in [9.17, 15) is 20.0 Å². The molecule has 0 spiro atoms. The summed E-state index contributed by atoms with van der Waals surface area (Å²) in [6, 6.07) is 8.64. The molecule has 1 amide bonds. The molecule has 0 aromatic heterocycles. The molecule has 2 aromatic rings. The molecule has 0 radical (unpaired) electrons. The number of nitrogens with zero attached hydrogens (tertiary/aromatic N) is 2. The van der Waals surface area contributed by atoms with E-state index in [2.05, 4.69) is 10.5 Å². The van der Waals surface area contributed by atoms with Crippen molar-refractivity contribution < 1.29 is 24.3 Å². The van der Waals surface area contributed by atoms with Gasteiger partial charge in [-0.05, 0) is 38.1 Å². The van der Waals surface area contributed by atoms with Gasteiger partial charge in [0, 0.05) is 17.7 Å². The molecule has 2 rings (SSSR count). The van der Waals surface area contributed by atoms with E-state index in [0.29, 0.717) is 23.6 Å². The van der Waals surface area contributed by atoms with Crippen molar-refractivity contribution in [2.75, 3.05) is 13.7 Å². The Balaban J connectivity index is 2.21. The predicted octanol–water partition coefficient (Wildman–Crippen LogP) is 2.86. The van der Waals surface area contributed by atoms with E-state index in [0.717, 1.165) is 0 Å². The number of amides is 1. The highest BCUT2D eigenvalue weighted by molar-refractivity contribution is 6.02.